The molecule has 2 aromatic rings. The summed E-state index contributed by atoms with van der Waals surface area (Å²) in [7, 11) is 0. The Labute approximate surface area is 338 Å². The van der Waals surface area contributed by atoms with Crippen molar-refractivity contribution in [2.24, 2.45) is 17.3 Å². The molecule has 1 N–H and O–H groups in total. The predicted octanol–water partition coefficient (Wildman–Crippen LogP) is 1.79. The molecule has 3 heterocycles. The molecule has 1 saturated heterocycles. The van der Waals surface area contributed by atoms with Gasteiger partial charge in [-0.1, -0.05) is 25.1 Å². The molecule has 1 aromatic carbocycles. The molecule has 6 rings (SSSR count). The number of aryl methyl sites for hydroxylation is 1. The maximum absolute atomic E-state index is 15.3. The molecule has 1 unspecified atom stereocenters. The number of aromatic nitrogens is 1. The van der Waals surface area contributed by atoms with E-state index < -0.39 is 125 Å². The number of fused-ring (bicyclic) bond motifs is 5. The van der Waals surface area contributed by atoms with Crippen LogP contribution in [0.3, 0.4) is 0 Å². The summed E-state index contributed by atoms with van der Waals surface area (Å²) in [6.45, 7) is 6.30. The monoisotopic (exact) mass is 823 g/mol. The summed E-state index contributed by atoms with van der Waals surface area (Å²) in [5.41, 5.74) is -9.20. The third kappa shape index (κ3) is 7.32. The highest BCUT2D eigenvalue weighted by atomic mass is 16.7. The van der Waals surface area contributed by atoms with Gasteiger partial charge in [0.15, 0.2) is 29.7 Å². The number of benzene rings is 1. The van der Waals surface area contributed by atoms with Gasteiger partial charge in [0.05, 0.1) is 22.7 Å². The van der Waals surface area contributed by atoms with Crippen LogP contribution in [0.5, 0.6) is 0 Å². The molecule has 0 amide bonds. The standard InChI is InChI=1S/C41H45NO17/c1-20-30-31(54-22(3)44)34(58-35(48)25-12-9-8-10-13-25)40(19-52-21(2)43)33(56-24(5)46)29(47)28-32(55-23(4)45)41(20,40)59-39(28,7)18-53-36(49)26-14-11-17-42-27(26)15-16-38(6,51)37(50)57-30/h8-14,17,20,28,30-34,51H,15-16,18-19H2,1-7H3/t20-,28-,30-,31+,32-,33-,34+,38?,39+,40-,41-/m0/s1. The molecule has 2 aliphatic heterocycles. The van der Waals surface area contributed by atoms with Crippen LogP contribution in [0.2, 0.25) is 0 Å². The number of carbonyl (C=O) groups is 8. The maximum Gasteiger partial charge on any atom is 0.340 e. The van der Waals surface area contributed by atoms with Gasteiger partial charge in [0.1, 0.15) is 42.0 Å². The molecule has 2 aliphatic carbocycles. The lowest BCUT2D eigenvalue weighted by atomic mass is 9.46. The molecular formula is C41H45NO17. The Morgan fingerprint density at radius 2 is 1.51 bits per heavy atom. The fraction of sp³-hybridized carbons (Fsp3) is 0.537. The van der Waals surface area contributed by atoms with Crippen molar-refractivity contribution in [1.29, 1.82) is 0 Å². The summed E-state index contributed by atoms with van der Waals surface area (Å²) in [4.78, 5) is 114. The van der Waals surface area contributed by atoms with Crippen molar-refractivity contribution in [3.63, 3.8) is 0 Å². The number of hydrogen-bond donors (Lipinski definition) is 1. The van der Waals surface area contributed by atoms with Crippen LogP contribution in [0.15, 0.2) is 48.7 Å². The SMILES string of the molecule is CC(=O)OC[C@]12[C@H](OC(=O)c3ccccc3)[C@H](OC(C)=O)[C@H]3OC(=O)C(C)(O)CCc4ncccc4C(=O)OC[C@@]4(C)O[C@@]1([C@H]3C)[C@@H](OC(C)=O)[C@@H]4C(=O)[C@@H]2OC(C)=O. The fourth-order valence-corrected chi connectivity index (χ4v) is 9.17. The second-order valence-corrected chi connectivity index (χ2v) is 15.7. The average molecular weight is 824 g/mol. The highest BCUT2D eigenvalue weighted by Gasteiger charge is 2.88. The first-order valence-corrected chi connectivity index (χ1v) is 18.9. The number of ketones is 1. The summed E-state index contributed by atoms with van der Waals surface area (Å²) >= 11 is 0. The molecule has 1 aromatic heterocycles. The second kappa shape index (κ2) is 15.8. The van der Waals surface area contributed by atoms with Crippen LogP contribution in [0.25, 0.3) is 0 Å². The number of aliphatic hydroxyl groups is 1. The largest absolute Gasteiger partial charge is 0.465 e. The number of ether oxygens (including phenoxy) is 8. The highest BCUT2D eigenvalue weighted by Crippen LogP contribution is 2.68. The van der Waals surface area contributed by atoms with E-state index in [-0.39, 0.29) is 29.7 Å². The summed E-state index contributed by atoms with van der Waals surface area (Å²) in [6, 6.07) is 10.3. The Morgan fingerprint density at radius 3 is 2.14 bits per heavy atom. The smallest absolute Gasteiger partial charge is 0.340 e. The lowest BCUT2D eigenvalue weighted by molar-refractivity contribution is -0.335. The summed E-state index contributed by atoms with van der Waals surface area (Å²) in [5, 5.41) is 11.7. The van der Waals surface area contributed by atoms with E-state index in [1.165, 1.54) is 56.4 Å². The number of cyclic esters (lactones) is 1. The van der Waals surface area contributed by atoms with Gasteiger partial charge < -0.3 is 43.0 Å². The van der Waals surface area contributed by atoms with Crippen molar-refractivity contribution < 1.29 is 81.4 Å². The van der Waals surface area contributed by atoms with Gasteiger partial charge in [0, 0.05) is 39.8 Å². The maximum atomic E-state index is 15.3. The Balaban J connectivity index is 1.73. The van der Waals surface area contributed by atoms with Crippen LogP contribution in [0.1, 0.15) is 81.3 Å². The van der Waals surface area contributed by atoms with E-state index in [9.17, 15) is 38.7 Å². The Hall–Kier alpha value is -5.75. The summed E-state index contributed by atoms with van der Waals surface area (Å²) in [5.74, 6) is -11.4. The van der Waals surface area contributed by atoms with Crippen molar-refractivity contribution >= 4 is 47.6 Å². The zero-order chi connectivity index (χ0) is 43.2. The molecule has 1 spiro atoms. The molecule has 18 heteroatoms. The normalized spacial score (nSPS) is 35.1. The molecule has 11 atom stereocenters. The number of esters is 7. The molecule has 3 fully saturated rings. The second-order valence-electron chi connectivity index (χ2n) is 15.7. The first kappa shape index (κ1) is 42.8. The van der Waals surface area contributed by atoms with Gasteiger partial charge in [-0.3, -0.25) is 29.0 Å². The van der Waals surface area contributed by atoms with E-state index in [2.05, 4.69) is 4.98 Å². The minimum Gasteiger partial charge on any atom is -0.465 e. The molecular weight excluding hydrogens is 778 g/mol. The van der Waals surface area contributed by atoms with Gasteiger partial charge in [0.2, 0.25) is 0 Å². The summed E-state index contributed by atoms with van der Waals surface area (Å²) in [6.07, 6.45) is -8.82. The van der Waals surface area contributed by atoms with Crippen molar-refractivity contribution in [3.05, 3.63) is 65.5 Å². The van der Waals surface area contributed by atoms with Crippen LogP contribution in [-0.4, -0.2) is 118 Å². The van der Waals surface area contributed by atoms with E-state index in [4.69, 9.17) is 37.9 Å². The molecule has 316 valence electrons. The Kier molecular flexibility index (Phi) is 11.5. The number of hydrogen-bond acceptors (Lipinski definition) is 18. The predicted molar refractivity (Wildman–Crippen MR) is 195 cm³/mol. The van der Waals surface area contributed by atoms with Crippen molar-refractivity contribution in [3.8, 4) is 0 Å². The van der Waals surface area contributed by atoms with E-state index >= 15 is 4.79 Å². The van der Waals surface area contributed by atoms with Gasteiger partial charge >= 0.3 is 41.8 Å². The van der Waals surface area contributed by atoms with Gasteiger partial charge in [-0.2, -0.15) is 0 Å². The van der Waals surface area contributed by atoms with Crippen molar-refractivity contribution in [2.75, 3.05) is 13.2 Å². The van der Waals surface area contributed by atoms with Gasteiger partial charge in [-0.25, -0.2) is 14.4 Å². The van der Waals surface area contributed by atoms with Crippen LogP contribution < -0.4 is 0 Å². The third-order valence-corrected chi connectivity index (χ3v) is 11.6. The number of Topliss-reactive ketones (excluding diaryl/α,β-unsaturated/α-hetero) is 1. The number of pyridine rings is 1. The van der Waals surface area contributed by atoms with Gasteiger partial charge in [0.25, 0.3) is 0 Å². The average Bonchev–Trinajstić information content (AvgIpc) is 3.39. The van der Waals surface area contributed by atoms with E-state index in [1.54, 1.807) is 6.07 Å². The lowest BCUT2D eigenvalue weighted by Gasteiger charge is -2.64. The quantitative estimate of drug-likeness (QED) is 0.309. The first-order valence-electron chi connectivity index (χ1n) is 18.9. The topological polar surface area (TPSA) is 244 Å². The van der Waals surface area contributed by atoms with Gasteiger partial charge in [-0.15, -0.1) is 0 Å². The Morgan fingerprint density at radius 1 is 0.847 bits per heavy atom. The van der Waals surface area contributed by atoms with E-state index in [1.807, 2.05) is 0 Å². The molecule has 59 heavy (non-hydrogen) atoms. The zero-order valence-electron chi connectivity index (χ0n) is 33.4. The number of nitrogens with zero attached hydrogens (tertiary/aromatic N) is 1. The highest BCUT2D eigenvalue weighted by molar-refractivity contribution is 5.94. The molecule has 4 aliphatic rings. The van der Waals surface area contributed by atoms with Gasteiger partial charge in [-0.05, 0) is 51.0 Å². The minimum atomic E-state index is -2.51. The van der Waals surface area contributed by atoms with Crippen LogP contribution in [-0.2, 0) is 73.1 Å². The number of rotatable bonds is 7. The minimum absolute atomic E-state index is 0.0472. The first-order chi connectivity index (χ1) is 27.7. The molecule has 18 nitrogen and oxygen atoms in total. The van der Waals surface area contributed by atoms with Crippen LogP contribution >= 0.6 is 0 Å². The molecule has 0 radical (unpaired) electrons. The van der Waals surface area contributed by atoms with Crippen molar-refractivity contribution in [2.45, 2.75) is 109 Å². The van der Waals surface area contributed by atoms with Crippen LogP contribution in [0, 0.1) is 17.3 Å². The zero-order valence-corrected chi connectivity index (χ0v) is 33.4. The third-order valence-electron chi connectivity index (χ3n) is 11.6. The summed E-state index contributed by atoms with van der Waals surface area (Å²) < 4.78 is 48.6. The lowest BCUT2D eigenvalue weighted by Crippen LogP contribution is -2.83. The molecule has 2 saturated carbocycles. The van der Waals surface area contributed by atoms with E-state index in [0.29, 0.717) is 0 Å². The fourth-order valence-electron chi connectivity index (χ4n) is 9.17. The molecule has 4 bridgehead atoms. The number of carbonyl (C=O) groups excluding carboxylic acids is 8. The van der Waals surface area contributed by atoms with E-state index in [0.717, 1.165) is 34.6 Å². The van der Waals surface area contributed by atoms with Crippen molar-refractivity contribution in [1.82, 2.24) is 4.98 Å². The van der Waals surface area contributed by atoms with Crippen LogP contribution in [0.4, 0.5) is 0 Å². The Bertz CT molecular complexity index is 2070.